The summed E-state index contributed by atoms with van der Waals surface area (Å²) in [6.45, 7) is 0.223. The van der Waals surface area contributed by atoms with E-state index in [0.717, 1.165) is 41.5 Å². The lowest BCUT2D eigenvalue weighted by Crippen LogP contribution is -2.19. The third-order valence-electron chi connectivity index (χ3n) is 6.04. The van der Waals surface area contributed by atoms with Gasteiger partial charge in [0, 0.05) is 11.6 Å². The highest BCUT2D eigenvalue weighted by molar-refractivity contribution is 5.93. The average Bonchev–Trinajstić information content (AvgIpc) is 3.35. The fourth-order valence-corrected chi connectivity index (χ4v) is 4.69. The van der Waals surface area contributed by atoms with Crippen LogP contribution in [0.25, 0.3) is 11.1 Å². The number of rotatable bonds is 4. The lowest BCUT2D eigenvalue weighted by atomic mass is 9.98. The van der Waals surface area contributed by atoms with Crippen LogP contribution in [0, 0.1) is 0 Å². The third-order valence-corrected chi connectivity index (χ3v) is 6.04. The van der Waals surface area contributed by atoms with Crippen molar-refractivity contribution in [2.45, 2.75) is 25.2 Å². The molecule has 2 aliphatic carbocycles. The van der Waals surface area contributed by atoms with Crippen LogP contribution in [0.3, 0.4) is 0 Å². The molecule has 3 aromatic carbocycles. The number of nitrogens with one attached hydrogen (secondary N) is 1. The number of carboxylic acids is 1. The van der Waals surface area contributed by atoms with Crippen LogP contribution in [0.1, 0.15) is 45.0 Å². The number of benzene rings is 3. The van der Waals surface area contributed by atoms with Crippen LogP contribution in [0.15, 0.2) is 60.7 Å². The first-order chi connectivity index (χ1) is 14.6. The molecule has 150 valence electrons. The summed E-state index contributed by atoms with van der Waals surface area (Å²) in [4.78, 5) is 24.0. The minimum atomic E-state index is -1.000. The van der Waals surface area contributed by atoms with Gasteiger partial charge in [-0.3, -0.25) is 5.32 Å². The Morgan fingerprint density at radius 2 is 1.63 bits per heavy atom. The molecule has 0 bridgehead atoms. The first kappa shape index (κ1) is 18.4. The molecule has 30 heavy (non-hydrogen) atoms. The van der Waals surface area contributed by atoms with E-state index in [1.807, 2.05) is 24.3 Å². The van der Waals surface area contributed by atoms with E-state index in [2.05, 4.69) is 29.6 Å². The normalized spacial score (nSPS) is 14.0. The molecule has 5 heteroatoms. The van der Waals surface area contributed by atoms with Gasteiger partial charge in [-0.25, -0.2) is 9.59 Å². The highest BCUT2D eigenvalue weighted by Gasteiger charge is 2.29. The summed E-state index contributed by atoms with van der Waals surface area (Å²) in [6.07, 6.45) is 2.05. The number of ether oxygens (including phenoxy) is 1. The fraction of sp³-hybridized carbons (Fsp3) is 0.200. The Labute approximate surface area is 174 Å². The maximum atomic E-state index is 12.6. The Balaban J connectivity index is 1.35. The molecule has 2 N–H and O–H groups in total. The maximum Gasteiger partial charge on any atom is 0.411 e. The molecule has 0 aliphatic heterocycles. The number of carbonyl (C=O) groups excluding carboxylic acids is 1. The second-order valence-corrected chi connectivity index (χ2v) is 7.77. The molecule has 0 atom stereocenters. The van der Waals surface area contributed by atoms with Crippen molar-refractivity contribution in [2.75, 3.05) is 11.9 Å². The Kier molecular flexibility index (Phi) is 4.51. The van der Waals surface area contributed by atoms with Gasteiger partial charge in [0.2, 0.25) is 0 Å². The zero-order valence-electron chi connectivity index (χ0n) is 16.4. The van der Waals surface area contributed by atoms with Crippen molar-refractivity contribution in [3.05, 3.63) is 88.5 Å². The van der Waals surface area contributed by atoms with Gasteiger partial charge >= 0.3 is 12.1 Å². The van der Waals surface area contributed by atoms with Crippen LogP contribution >= 0.6 is 0 Å². The second kappa shape index (κ2) is 7.34. The first-order valence-corrected chi connectivity index (χ1v) is 10.1. The highest BCUT2D eigenvalue weighted by Crippen LogP contribution is 2.44. The minimum absolute atomic E-state index is 0.0146. The fourth-order valence-electron chi connectivity index (χ4n) is 4.69. The molecular formula is C25H21NO4. The average molecular weight is 399 g/mol. The van der Waals surface area contributed by atoms with Crippen LogP contribution < -0.4 is 5.32 Å². The SMILES string of the molecule is O=C(Nc1cc(C(=O)O)cc2c1CCC2)OCC1c2ccccc2-c2ccccc21. The monoisotopic (exact) mass is 399 g/mol. The van der Waals surface area contributed by atoms with Crippen LogP contribution in [0.2, 0.25) is 0 Å². The molecule has 0 saturated heterocycles. The number of anilines is 1. The molecule has 2 aliphatic rings. The van der Waals surface area contributed by atoms with Gasteiger partial charge in [-0.15, -0.1) is 0 Å². The number of amides is 1. The quantitative estimate of drug-likeness (QED) is 0.629. The number of fused-ring (bicyclic) bond motifs is 4. The summed E-state index contributed by atoms with van der Waals surface area (Å²) < 4.78 is 5.61. The first-order valence-electron chi connectivity index (χ1n) is 10.1. The van der Waals surface area contributed by atoms with Gasteiger partial charge in [0.25, 0.3) is 0 Å². The Bertz CT molecular complexity index is 1120. The van der Waals surface area contributed by atoms with E-state index in [4.69, 9.17) is 4.74 Å². The van der Waals surface area contributed by atoms with E-state index in [1.165, 1.54) is 17.2 Å². The molecule has 0 radical (unpaired) electrons. The van der Waals surface area contributed by atoms with Crippen LogP contribution in [0.4, 0.5) is 10.5 Å². The molecule has 5 nitrogen and oxygen atoms in total. The van der Waals surface area contributed by atoms with Gasteiger partial charge in [-0.2, -0.15) is 0 Å². The molecule has 0 fully saturated rings. The van der Waals surface area contributed by atoms with Crippen molar-refractivity contribution in [1.29, 1.82) is 0 Å². The summed E-state index contributed by atoms with van der Waals surface area (Å²) in [5.74, 6) is -1.01. The third kappa shape index (κ3) is 3.12. The zero-order chi connectivity index (χ0) is 20.7. The second-order valence-electron chi connectivity index (χ2n) is 7.77. The minimum Gasteiger partial charge on any atom is -0.478 e. The van der Waals surface area contributed by atoms with Gasteiger partial charge < -0.3 is 9.84 Å². The number of hydrogen-bond acceptors (Lipinski definition) is 3. The van der Waals surface area contributed by atoms with Gasteiger partial charge in [0.05, 0.1) is 5.56 Å². The van der Waals surface area contributed by atoms with Gasteiger partial charge in [0.1, 0.15) is 6.61 Å². The van der Waals surface area contributed by atoms with Gasteiger partial charge in [-0.05, 0) is 64.8 Å². The van der Waals surface area contributed by atoms with Crippen molar-refractivity contribution in [2.24, 2.45) is 0 Å². The van der Waals surface area contributed by atoms with Crippen LogP contribution in [0.5, 0.6) is 0 Å². The Morgan fingerprint density at radius 3 is 2.30 bits per heavy atom. The summed E-state index contributed by atoms with van der Waals surface area (Å²) in [6, 6.07) is 19.6. The molecule has 0 unspecified atom stereocenters. The molecule has 3 aromatic rings. The number of carboxylic acid groups (broad SMARTS) is 1. The van der Waals surface area contributed by atoms with Gasteiger partial charge in [0.15, 0.2) is 0 Å². The largest absolute Gasteiger partial charge is 0.478 e. The van der Waals surface area contributed by atoms with Crippen LogP contribution in [-0.2, 0) is 17.6 Å². The smallest absolute Gasteiger partial charge is 0.411 e. The predicted octanol–water partition coefficient (Wildman–Crippen LogP) is 5.23. The molecule has 1 amide bonds. The van der Waals surface area contributed by atoms with E-state index in [0.29, 0.717) is 5.69 Å². The Morgan fingerprint density at radius 1 is 0.967 bits per heavy atom. The molecule has 0 saturated carbocycles. The summed E-state index contributed by atoms with van der Waals surface area (Å²) in [5.41, 5.74) is 7.38. The lowest BCUT2D eigenvalue weighted by molar-refractivity contribution is 0.0696. The standard InChI is InChI=1S/C25H21NO4/c27-24(28)16-12-15-6-5-11-17(15)23(13-16)26-25(29)30-14-22-20-9-3-1-7-18(20)19-8-2-4-10-21(19)22/h1-4,7-10,12-13,22H,5-6,11,14H2,(H,26,29)(H,27,28). The lowest BCUT2D eigenvalue weighted by Gasteiger charge is -2.16. The van der Waals surface area contributed by atoms with E-state index in [9.17, 15) is 14.7 Å². The van der Waals surface area contributed by atoms with Crippen molar-refractivity contribution in [1.82, 2.24) is 0 Å². The van der Waals surface area contributed by atoms with Crippen molar-refractivity contribution in [3.8, 4) is 11.1 Å². The molecule has 0 heterocycles. The van der Waals surface area contributed by atoms with Crippen molar-refractivity contribution >= 4 is 17.7 Å². The number of hydrogen-bond donors (Lipinski definition) is 2. The van der Waals surface area contributed by atoms with E-state index >= 15 is 0 Å². The zero-order valence-corrected chi connectivity index (χ0v) is 16.4. The maximum absolute atomic E-state index is 12.6. The number of carbonyl (C=O) groups is 2. The number of aryl methyl sites for hydroxylation is 1. The molecule has 0 aromatic heterocycles. The molecular weight excluding hydrogens is 378 g/mol. The van der Waals surface area contributed by atoms with Crippen molar-refractivity contribution in [3.63, 3.8) is 0 Å². The van der Waals surface area contributed by atoms with E-state index < -0.39 is 12.1 Å². The van der Waals surface area contributed by atoms with E-state index in [-0.39, 0.29) is 18.1 Å². The topological polar surface area (TPSA) is 75.6 Å². The Hall–Kier alpha value is -3.60. The summed E-state index contributed by atoms with van der Waals surface area (Å²) in [5, 5.41) is 12.1. The molecule has 5 rings (SSSR count). The molecule has 0 spiro atoms. The van der Waals surface area contributed by atoms with E-state index in [1.54, 1.807) is 6.07 Å². The number of aromatic carboxylic acids is 1. The van der Waals surface area contributed by atoms with Gasteiger partial charge in [-0.1, -0.05) is 48.5 Å². The predicted molar refractivity (Wildman–Crippen MR) is 114 cm³/mol. The highest BCUT2D eigenvalue weighted by atomic mass is 16.5. The summed E-state index contributed by atoms with van der Waals surface area (Å²) >= 11 is 0. The van der Waals surface area contributed by atoms with Crippen LogP contribution in [-0.4, -0.2) is 23.8 Å². The van der Waals surface area contributed by atoms with Crippen molar-refractivity contribution < 1.29 is 19.4 Å². The summed E-state index contributed by atoms with van der Waals surface area (Å²) in [7, 11) is 0.